The Morgan fingerprint density at radius 3 is 2.33 bits per heavy atom. The highest BCUT2D eigenvalue weighted by Crippen LogP contribution is 2.37. The van der Waals surface area contributed by atoms with Gasteiger partial charge in [0.1, 0.15) is 0 Å². The largest absolute Gasteiger partial charge is 0.490 e. The lowest BCUT2D eigenvalue weighted by Crippen LogP contribution is -2.44. The van der Waals surface area contributed by atoms with Gasteiger partial charge in [0.15, 0.2) is 0 Å². The molecule has 3 rings (SSSR count). The zero-order valence-electron chi connectivity index (χ0n) is 14.5. The Hall–Kier alpha value is -2.65. The van der Waals surface area contributed by atoms with Crippen molar-refractivity contribution in [3.8, 4) is 0 Å². The first-order valence-electron chi connectivity index (χ1n) is 8.36. The first-order chi connectivity index (χ1) is 12.6. The van der Waals surface area contributed by atoms with Gasteiger partial charge in [-0.2, -0.15) is 13.2 Å². The molecule has 1 aromatic heterocycles. The van der Waals surface area contributed by atoms with E-state index in [1.807, 2.05) is 23.1 Å². The van der Waals surface area contributed by atoms with E-state index in [-0.39, 0.29) is 17.2 Å². The Morgan fingerprint density at radius 2 is 1.89 bits per heavy atom. The number of piperidine rings is 1. The second-order valence-corrected chi connectivity index (χ2v) is 6.64. The monoisotopic (exact) mass is 387 g/mol. The summed E-state index contributed by atoms with van der Waals surface area (Å²) in [7, 11) is 0. The van der Waals surface area contributed by atoms with Crippen molar-refractivity contribution in [2.24, 2.45) is 5.41 Å². The molecule has 0 unspecified atom stereocenters. The van der Waals surface area contributed by atoms with Crippen LogP contribution in [0.4, 0.5) is 13.2 Å². The van der Waals surface area contributed by atoms with Crippen LogP contribution in [0.2, 0.25) is 0 Å². The summed E-state index contributed by atoms with van der Waals surface area (Å²) in [5.74, 6) is -2.47. The van der Waals surface area contributed by atoms with Crippen LogP contribution in [-0.4, -0.2) is 58.6 Å². The van der Waals surface area contributed by atoms with Crippen molar-refractivity contribution in [3.63, 3.8) is 0 Å². The molecule has 2 fully saturated rings. The fourth-order valence-corrected chi connectivity index (χ4v) is 3.11. The minimum Gasteiger partial charge on any atom is -0.475 e. The molecule has 2 aliphatic heterocycles. The van der Waals surface area contributed by atoms with Crippen molar-refractivity contribution >= 4 is 17.8 Å². The second kappa shape index (κ2) is 8.36. The van der Waals surface area contributed by atoms with Crippen LogP contribution in [0, 0.1) is 5.41 Å². The molecule has 0 saturated carbocycles. The molecule has 2 saturated heterocycles. The number of rotatable bonds is 2. The first kappa shape index (κ1) is 20.7. The summed E-state index contributed by atoms with van der Waals surface area (Å²) in [5.41, 5.74) is 0.911. The molecule has 7 nitrogen and oxygen atoms in total. The number of likely N-dealkylation sites (tertiary alicyclic amines) is 1. The van der Waals surface area contributed by atoms with Crippen LogP contribution in [0.25, 0.3) is 0 Å². The van der Waals surface area contributed by atoms with Crippen molar-refractivity contribution in [1.82, 2.24) is 15.2 Å². The molecular formula is C17H20F3N3O4. The Bertz CT molecular complexity index is 686. The number of nitrogens with zero attached hydrogens (tertiary/aromatic N) is 2. The molecule has 0 radical (unpaired) electrons. The number of amides is 2. The predicted octanol–water partition coefficient (Wildman–Crippen LogP) is 1.39. The van der Waals surface area contributed by atoms with E-state index in [0.717, 1.165) is 38.2 Å². The van der Waals surface area contributed by atoms with E-state index in [2.05, 4.69) is 10.3 Å². The smallest absolute Gasteiger partial charge is 0.475 e. The van der Waals surface area contributed by atoms with Gasteiger partial charge in [-0.05, 0) is 30.4 Å². The second-order valence-electron chi connectivity index (χ2n) is 6.64. The number of nitrogens with one attached hydrogen (secondary N) is 1. The van der Waals surface area contributed by atoms with Gasteiger partial charge in [-0.15, -0.1) is 0 Å². The Kier molecular flexibility index (Phi) is 6.40. The van der Waals surface area contributed by atoms with E-state index >= 15 is 0 Å². The number of alkyl halides is 3. The topological polar surface area (TPSA) is 99.6 Å². The van der Waals surface area contributed by atoms with Gasteiger partial charge >= 0.3 is 12.1 Å². The summed E-state index contributed by atoms with van der Waals surface area (Å²) in [6.45, 7) is 2.27. The fourth-order valence-electron chi connectivity index (χ4n) is 3.11. The number of aliphatic carboxylic acids is 1. The Morgan fingerprint density at radius 1 is 1.26 bits per heavy atom. The van der Waals surface area contributed by atoms with Crippen LogP contribution >= 0.6 is 0 Å². The van der Waals surface area contributed by atoms with Gasteiger partial charge in [-0.1, -0.05) is 6.07 Å². The van der Waals surface area contributed by atoms with E-state index in [0.29, 0.717) is 12.8 Å². The average Bonchev–Trinajstić information content (AvgIpc) is 2.96. The number of carboxylic acid groups (broad SMARTS) is 1. The lowest BCUT2D eigenvalue weighted by molar-refractivity contribution is -0.192. The molecular weight excluding hydrogens is 367 g/mol. The number of carbonyl (C=O) groups excluding carboxylic acids is 2. The number of aromatic nitrogens is 1. The van der Waals surface area contributed by atoms with Crippen molar-refractivity contribution in [2.75, 3.05) is 19.6 Å². The van der Waals surface area contributed by atoms with Crippen LogP contribution < -0.4 is 5.32 Å². The van der Waals surface area contributed by atoms with Crippen molar-refractivity contribution in [2.45, 2.75) is 31.9 Å². The Labute approximate surface area is 153 Å². The summed E-state index contributed by atoms with van der Waals surface area (Å²) < 4.78 is 31.7. The first-order valence-corrected chi connectivity index (χ1v) is 8.36. The molecule has 10 heteroatoms. The minimum atomic E-state index is -5.08. The Balaban J connectivity index is 0.000000321. The summed E-state index contributed by atoms with van der Waals surface area (Å²) in [5, 5.41) is 10.0. The quantitative estimate of drug-likeness (QED) is 0.799. The molecule has 1 aromatic rings. The number of halogens is 3. The van der Waals surface area contributed by atoms with Gasteiger partial charge in [-0.25, -0.2) is 4.79 Å². The van der Waals surface area contributed by atoms with Gasteiger partial charge in [0, 0.05) is 37.9 Å². The van der Waals surface area contributed by atoms with Crippen molar-refractivity contribution < 1.29 is 32.7 Å². The van der Waals surface area contributed by atoms with E-state index in [1.165, 1.54) is 0 Å². The summed E-state index contributed by atoms with van der Waals surface area (Å²) in [6.07, 6.45) is -0.552. The maximum Gasteiger partial charge on any atom is 0.490 e. The lowest BCUT2D eigenvalue weighted by Gasteiger charge is -2.38. The number of hydrogen-bond acceptors (Lipinski definition) is 4. The third-order valence-electron chi connectivity index (χ3n) is 4.67. The normalized spacial score (nSPS) is 18.5. The van der Waals surface area contributed by atoms with Gasteiger partial charge in [0.2, 0.25) is 11.8 Å². The zero-order chi connectivity index (χ0) is 20.1. The minimum absolute atomic E-state index is 0.0961. The van der Waals surface area contributed by atoms with Crippen molar-refractivity contribution in [3.05, 3.63) is 30.1 Å². The highest BCUT2D eigenvalue weighted by Gasteiger charge is 2.41. The van der Waals surface area contributed by atoms with Crippen LogP contribution in [0.1, 0.15) is 25.0 Å². The van der Waals surface area contributed by atoms with E-state index < -0.39 is 12.1 Å². The molecule has 1 spiro atoms. The highest BCUT2D eigenvalue weighted by molar-refractivity contribution is 5.80. The van der Waals surface area contributed by atoms with Gasteiger partial charge in [0.25, 0.3) is 0 Å². The molecule has 0 aromatic carbocycles. The number of carboxylic acids is 1. The maximum atomic E-state index is 12.2. The maximum absolute atomic E-state index is 12.2. The molecule has 148 valence electrons. The molecule has 2 N–H and O–H groups in total. The summed E-state index contributed by atoms with van der Waals surface area (Å²) in [4.78, 5) is 38.6. The predicted molar refractivity (Wildman–Crippen MR) is 87.5 cm³/mol. The van der Waals surface area contributed by atoms with E-state index in [9.17, 15) is 22.8 Å². The average molecular weight is 387 g/mol. The third kappa shape index (κ3) is 5.93. The highest BCUT2D eigenvalue weighted by atomic mass is 19.4. The zero-order valence-corrected chi connectivity index (χ0v) is 14.5. The third-order valence-corrected chi connectivity index (χ3v) is 4.67. The van der Waals surface area contributed by atoms with Gasteiger partial charge in [-0.3, -0.25) is 14.6 Å². The molecule has 3 heterocycles. The number of pyridine rings is 1. The van der Waals surface area contributed by atoms with Crippen LogP contribution in [-0.2, 0) is 20.8 Å². The molecule has 0 bridgehead atoms. The standard InChI is InChI=1S/C15H19N3O2.C2HF3O2/c19-13-10-15(11-17-13)4-7-18(8-5-15)14(20)9-12-3-1-2-6-16-12;3-2(4,5)1(6)7/h1-3,6H,4-5,7-11H2,(H,17,19);(H,6,7). The summed E-state index contributed by atoms with van der Waals surface area (Å²) >= 11 is 0. The van der Waals surface area contributed by atoms with E-state index in [4.69, 9.17) is 9.90 Å². The van der Waals surface area contributed by atoms with Crippen LogP contribution in [0.5, 0.6) is 0 Å². The summed E-state index contributed by atoms with van der Waals surface area (Å²) in [6, 6.07) is 5.63. The van der Waals surface area contributed by atoms with Gasteiger partial charge < -0.3 is 15.3 Å². The lowest BCUT2D eigenvalue weighted by atomic mass is 9.77. The van der Waals surface area contributed by atoms with Crippen molar-refractivity contribution in [1.29, 1.82) is 0 Å². The number of carbonyl (C=O) groups is 3. The molecule has 2 aliphatic rings. The number of hydrogen-bond donors (Lipinski definition) is 2. The van der Waals surface area contributed by atoms with E-state index in [1.54, 1.807) is 6.20 Å². The van der Waals surface area contributed by atoms with Crippen LogP contribution in [0.3, 0.4) is 0 Å². The molecule has 0 atom stereocenters. The molecule has 0 aliphatic carbocycles. The molecule has 27 heavy (non-hydrogen) atoms. The fraction of sp³-hybridized carbons (Fsp3) is 0.529. The SMILES string of the molecule is O=C(O)C(F)(F)F.O=C1CC2(CCN(C(=O)Cc3ccccn3)CC2)CN1. The molecule has 2 amide bonds. The van der Waals surface area contributed by atoms with Gasteiger partial charge in [0.05, 0.1) is 6.42 Å². The van der Waals surface area contributed by atoms with Crippen LogP contribution in [0.15, 0.2) is 24.4 Å².